The summed E-state index contributed by atoms with van der Waals surface area (Å²) in [6.07, 6.45) is 1.73. The summed E-state index contributed by atoms with van der Waals surface area (Å²) in [6.45, 7) is 3.45. The number of carbonyl (C=O) groups is 2. The highest BCUT2D eigenvalue weighted by atomic mass is 19.1. The van der Waals surface area contributed by atoms with Crippen molar-refractivity contribution < 1.29 is 28.6 Å². The summed E-state index contributed by atoms with van der Waals surface area (Å²) in [5.74, 6) is 0.0791. The normalized spacial score (nSPS) is 19.8. The lowest BCUT2D eigenvalue weighted by molar-refractivity contribution is -0.119. The highest BCUT2D eigenvalue weighted by molar-refractivity contribution is 5.90. The van der Waals surface area contributed by atoms with Crippen molar-refractivity contribution in [2.45, 2.75) is 31.5 Å². The Labute approximate surface area is 197 Å². The number of anilines is 2. The van der Waals surface area contributed by atoms with E-state index in [1.807, 2.05) is 12.1 Å². The van der Waals surface area contributed by atoms with Crippen LogP contribution in [0.2, 0.25) is 0 Å². The highest BCUT2D eigenvalue weighted by Crippen LogP contribution is 2.31. The number of rotatable bonds is 7. The van der Waals surface area contributed by atoms with Gasteiger partial charge in [0.25, 0.3) is 0 Å². The summed E-state index contributed by atoms with van der Waals surface area (Å²) in [5.41, 5.74) is 0.575. The molecule has 3 heterocycles. The van der Waals surface area contributed by atoms with Crippen molar-refractivity contribution >= 4 is 23.5 Å². The van der Waals surface area contributed by atoms with Gasteiger partial charge in [-0.15, -0.1) is 0 Å². The van der Waals surface area contributed by atoms with E-state index in [4.69, 9.17) is 9.47 Å². The number of pyridine rings is 1. The molecule has 34 heavy (non-hydrogen) atoms. The number of hydrogen-bond donors (Lipinski definition) is 2. The molecule has 2 fully saturated rings. The first kappa shape index (κ1) is 23.9. The molecule has 4 rings (SSSR count). The molecule has 0 bridgehead atoms. The number of nitrogens with zero attached hydrogens (tertiary/aromatic N) is 3. The third-order valence-corrected chi connectivity index (χ3v) is 6.21. The number of halogens is 1. The Morgan fingerprint density at radius 3 is 2.71 bits per heavy atom. The minimum atomic E-state index is -0.804. The maximum Gasteiger partial charge on any atom is 0.414 e. The number of piperidine rings is 1. The van der Waals surface area contributed by atoms with Crippen molar-refractivity contribution in [3.8, 4) is 11.1 Å². The maximum absolute atomic E-state index is 15.0. The quantitative estimate of drug-likeness (QED) is 0.637. The summed E-state index contributed by atoms with van der Waals surface area (Å²) in [5, 5.41) is 13.1. The van der Waals surface area contributed by atoms with Crippen LogP contribution in [-0.2, 0) is 14.3 Å². The van der Waals surface area contributed by atoms with Crippen molar-refractivity contribution in [3.63, 3.8) is 0 Å². The van der Waals surface area contributed by atoms with Crippen LogP contribution in [0.1, 0.15) is 19.8 Å². The number of amides is 2. The van der Waals surface area contributed by atoms with Gasteiger partial charge in [-0.05, 0) is 43.2 Å². The number of carbonyl (C=O) groups excluding carboxylic acids is 2. The number of hydrogen-bond acceptors (Lipinski definition) is 7. The minimum Gasteiger partial charge on any atom is -0.442 e. The minimum absolute atomic E-state index is 0.207. The summed E-state index contributed by atoms with van der Waals surface area (Å²) in [6, 6.07) is 8.22. The first-order chi connectivity index (χ1) is 16.3. The number of benzene rings is 1. The van der Waals surface area contributed by atoms with E-state index in [1.165, 1.54) is 17.9 Å². The van der Waals surface area contributed by atoms with E-state index in [2.05, 4.69) is 15.2 Å². The van der Waals surface area contributed by atoms with E-state index in [-0.39, 0.29) is 19.0 Å². The van der Waals surface area contributed by atoms with Gasteiger partial charge >= 0.3 is 6.09 Å². The third kappa shape index (κ3) is 5.28. The fraction of sp³-hybridized carbons (Fsp3) is 0.458. The molecular formula is C24H29FN4O5. The second-order valence-corrected chi connectivity index (χ2v) is 8.77. The second-order valence-electron chi connectivity index (χ2n) is 8.77. The monoisotopic (exact) mass is 472 g/mol. The lowest BCUT2D eigenvalue weighted by atomic mass is 9.92. The van der Waals surface area contributed by atoms with Gasteiger partial charge in [0.15, 0.2) is 0 Å². The number of methoxy groups -OCH3 is 1. The Balaban J connectivity index is 1.41. The molecule has 0 radical (unpaired) electrons. The van der Waals surface area contributed by atoms with Crippen molar-refractivity contribution in [1.29, 1.82) is 0 Å². The summed E-state index contributed by atoms with van der Waals surface area (Å²) in [7, 11) is 1.58. The molecule has 2 aromatic rings. The van der Waals surface area contributed by atoms with Gasteiger partial charge in [0.1, 0.15) is 17.7 Å². The molecule has 1 atom stereocenters. The largest absolute Gasteiger partial charge is 0.442 e. The number of ether oxygens (including phenoxy) is 2. The predicted molar refractivity (Wildman–Crippen MR) is 124 cm³/mol. The molecule has 9 nitrogen and oxygen atoms in total. The average molecular weight is 473 g/mol. The summed E-state index contributed by atoms with van der Waals surface area (Å²) < 4.78 is 25.3. The van der Waals surface area contributed by atoms with Crippen molar-refractivity contribution in [1.82, 2.24) is 10.3 Å². The van der Waals surface area contributed by atoms with Gasteiger partial charge in [-0.25, -0.2) is 14.2 Å². The lowest BCUT2D eigenvalue weighted by Gasteiger charge is -2.38. The Kier molecular flexibility index (Phi) is 6.99. The van der Waals surface area contributed by atoms with Gasteiger partial charge in [0.2, 0.25) is 5.91 Å². The van der Waals surface area contributed by atoms with Crippen LogP contribution in [0.4, 0.5) is 20.7 Å². The zero-order valence-corrected chi connectivity index (χ0v) is 19.3. The van der Waals surface area contributed by atoms with E-state index in [1.54, 1.807) is 25.4 Å². The van der Waals surface area contributed by atoms with E-state index in [0.717, 1.165) is 5.82 Å². The third-order valence-electron chi connectivity index (χ3n) is 6.21. The Morgan fingerprint density at radius 1 is 1.32 bits per heavy atom. The van der Waals surface area contributed by atoms with Crippen molar-refractivity contribution in [2.24, 2.45) is 0 Å². The van der Waals surface area contributed by atoms with Gasteiger partial charge in [-0.2, -0.15) is 0 Å². The SMILES string of the molecule is COCC1(O)CCN(c2ccc(-c3ccc(N4C[C@H](CNC(C)=O)OC4=O)cc3F)cn2)CC1. The highest BCUT2D eigenvalue weighted by Gasteiger charge is 2.34. The zero-order chi connectivity index (χ0) is 24.3. The Morgan fingerprint density at radius 2 is 2.09 bits per heavy atom. The standard InChI is InChI=1S/C24H29FN4O5/c1-16(30)26-13-19-14-29(23(31)34-19)18-4-5-20(21(25)11-18)17-3-6-22(27-12-17)28-9-7-24(32,8-10-28)15-33-2/h3-6,11-12,19,32H,7-10,13-15H2,1-2H3,(H,26,30)/t19-/m0/s1. The molecule has 1 aromatic heterocycles. The second kappa shape index (κ2) is 9.94. The fourth-order valence-corrected chi connectivity index (χ4v) is 4.30. The van der Waals surface area contributed by atoms with Gasteiger partial charge in [0, 0.05) is 44.4 Å². The van der Waals surface area contributed by atoms with E-state index < -0.39 is 23.6 Å². The molecule has 0 unspecified atom stereocenters. The maximum atomic E-state index is 15.0. The number of aromatic nitrogens is 1. The van der Waals surface area contributed by atoms with Crippen molar-refractivity contribution in [3.05, 3.63) is 42.3 Å². The van der Waals surface area contributed by atoms with E-state index in [9.17, 15) is 19.1 Å². The molecule has 2 N–H and O–H groups in total. The van der Waals surface area contributed by atoms with Gasteiger partial charge in [-0.1, -0.05) is 0 Å². The number of cyclic esters (lactones) is 1. The predicted octanol–water partition coefficient (Wildman–Crippen LogP) is 2.33. The van der Waals surface area contributed by atoms with E-state index in [0.29, 0.717) is 49.4 Å². The Hall–Kier alpha value is -3.24. The average Bonchev–Trinajstić information content (AvgIpc) is 3.19. The van der Waals surface area contributed by atoms with Crippen LogP contribution in [0.3, 0.4) is 0 Å². The lowest BCUT2D eigenvalue weighted by Crippen LogP contribution is -2.47. The molecular weight excluding hydrogens is 443 g/mol. The molecule has 10 heteroatoms. The number of nitrogens with one attached hydrogen (secondary N) is 1. The van der Waals surface area contributed by atoms with E-state index >= 15 is 0 Å². The molecule has 0 saturated carbocycles. The molecule has 1 aromatic carbocycles. The van der Waals surface area contributed by atoms with Crippen LogP contribution in [0.5, 0.6) is 0 Å². The molecule has 2 saturated heterocycles. The molecule has 2 aliphatic rings. The van der Waals surface area contributed by atoms with Gasteiger partial charge in [0.05, 0.1) is 31.0 Å². The molecule has 0 spiro atoms. The van der Waals surface area contributed by atoms with Crippen LogP contribution in [-0.4, -0.2) is 73.7 Å². The van der Waals surface area contributed by atoms with Crippen LogP contribution in [0, 0.1) is 5.82 Å². The molecule has 182 valence electrons. The Bertz CT molecular complexity index is 1040. The summed E-state index contributed by atoms with van der Waals surface area (Å²) >= 11 is 0. The zero-order valence-electron chi connectivity index (χ0n) is 19.3. The first-order valence-electron chi connectivity index (χ1n) is 11.2. The van der Waals surface area contributed by atoms with Crippen LogP contribution in [0.15, 0.2) is 36.5 Å². The topological polar surface area (TPSA) is 104 Å². The van der Waals surface area contributed by atoms with Gasteiger partial charge in [-0.3, -0.25) is 9.69 Å². The molecule has 0 aliphatic carbocycles. The van der Waals surface area contributed by atoms with Gasteiger partial charge < -0.3 is 24.8 Å². The van der Waals surface area contributed by atoms with Crippen molar-refractivity contribution in [2.75, 3.05) is 49.7 Å². The first-order valence-corrected chi connectivity index (χ1v) is 11.2. The molecule has 2 aliphatic heterocycles. The van der Waals surface area contributed by atoms with Crippen LogP contribution >= 0.6 is 0 Å². The smallest absolute Gasteiger partial charge is 0.414 e. The molecule has 2 amide bonds. The number of aliphatic hydroxyl groups is 1. The van der Waals surface area contributed by atoms with Crippen LogP contribution in [0.25, 0.3) is 11.1 Å². The van der Waals surface area contributed by atoms with Crippen LogP contribution < -0.4 is 15.1 Å². The summed E-state index contributed by atoms with van der Waals surface area (Å²) in [4.78, 5) is 31.2. The fourth-order valence-electron chi connectivity index (χ4n) is 4.30.